The molecule has 0 saturated carbocycles. The zero-order valence-corrected chi connectivity index (χ0v) is 14.1. The molecule has 0 amide bonds. The molecule has 0 saturated heterocycles. The second kappa shape index (κ2) is 6.34. The first-order chi connectivity index (χ1) is 10.6. The van der Waals surface area contributed by atoms with Crippen molar-refractivity contribution in [1.29, 1.82) is 0 Å². The summed E-state index contributed by atoms with van der Waals surface area (Å²) in [5, 5.41) is 9.18. The number of halogens is 2. The Balaban J connectivity index is 1.95. The number of aryl methyl sites for hydroxylation is 1. The highest BCUT2D eigenvalue weighted by Crippen LogP contribution is 2.30. The van der Waals surface area contributed by atoms with Crippen molar-refractivity contribution in [2.45, 2.75) is 13.3 Å². The molecule has 3 aromatic rings. The lowest BCUT2D eigenvalue weighted by Gasteiger charge is -1.98. The van der Waals surface area contributed by atoms with Crippen molar-refractivity contribution in [2.24, 2.45) is 5.73 Å². The van der Waals surface area contributed by atoms with E-state index < -0.39 is 0 Å². The molecule has 0 bridgehead atoms. The van der Waals surface area contributed by atoms with Gasteiger partial charge in [-0.05, 0) is 31.7 Å². The van der Waals surface area contributed by atoms with E-state index in [9.17, 15) is 0 Å². The largest absolute Gasteiger partial charge is 0.330 e. The van der Waals surface area contributed by atoms with E-state index in [0.29, 0.717) is 28.2 Å². The first-order valence-corrected chi connectivity index (χ1v) is 8.20. The molecule has 2 aromatic heterocycles. The minimum atomic E-state index is 0.477. The molecular formula is C14H13Cl2N5S. The van der Waals surface area contributed by atoms with Gasteiger partial charge in [-0.1, -0.05) is 23.2 Å². The van der Waals surface area contributed by atoms with E-state index in [4.69, 9.17) is 28.9 Å². The molecule has 5 nitrogen and oxygen atoms in total. The molecule has 0 atom stereocenters. The summed E-state index contributed by atoms with van der Waals surface area (Å²) in [6, 6.07) is 5.31. The Morgan fingerprint density at radius 2 is 2.05 bits per heavy atom. The van der Waals surface area contributed by atoms with Gasteiger partial charge >= 0.3 is 0 Å². The van der Waals surface area contributed by atoms with Crippen molar-refractivity contribution >= 4 is 34.5 Å². The number of nitrogens with one attached hydrogen (secondary N) is 1. The number of aromatic nitrogens is 4. The minimum absolute atomic E-state index is 0.477. The van der Waals surface area contributed by atoms with Gasteiger partial charge in [0.2, 0.25) is 0 Å². The lowest BCUT2D eigenvalue weighted by atomic mass is 10.2. The summed E-state index contributed by atoms with van der Waals surface area (Å²) >= 11 is 13.5. The predicted octanol–water partition coefficient (Wildman–Crippen LogP) is 3.71. The molecule has 3 N–H and O–H groups in total. The fraction of sp³-hybridized carbons (Fsp3) is 0.214. The van der Waals surface area contributed by atoms with Crippen LogP contribution < -0.4 is 5.73 Å². The number of benzene rings is 1. The topological polar surface area (TPSA) is 80.5 Å². The van der Waals surface area contributed by atoms with Crippen LogP contribution in [0.2, 0.25) is 10.0 Å². The van der Waals surface area contributed by atoms with Crippen molar-refractivity contribution in [2.75, 3.05) is 6.54 Å². The Labute approximate surface area is 141 Å². The van der Waals surface area contributed by atoms with E-state index in [1.54, 1.807) is 23.5 Å². The van der Waals surface area contributed by atoms with E-state index >= 15 is 0 Å². The summed E-state index contributed by atoms with van der Waals surface area (Å²) in [5.41, 5.74) is 7.30. The quantitative estimate of drug-likeness (QED) is 0.748. The molecule has 1 aromatic carbocycles. The summed E-state index contributed by atoms with van der Waals surface area (Å²) in [4.78, 5) is 10.00. The Kier molecular flexibility index (Phi) is 4.44. The second-order valence-corrected chi connectivity index (χ2v) is 6.60. The Morgan fingerprint density at radius 3 is 2.77 bits per heavy atom. The lowest BCUT2D eigenvalue weighted by Crippen LogP contribution is -2.01. The summed E-state index contributed by atoms with van der Waals surface area (Å²) in [6.07, 6.45) is 0.763. The number of nitrogens with zero attached hydrogens (tertiary/aromatic N) is 3. The van der Waals surface area contributed by atoms with Crippen molar-refractivity contribution in [3.8, 4) is 22.1 Å². The first-order valence-electron chi connectivity index (χ1n) is 6.63. The van der Waals surface area contributed by atoms with Gasteiger partial charge in [-0.25, -0.2) is 9.97 Å². The highest BCUT2D eigenvalue weighted by atomic mass is 35.5. The van der Waals surface area contributed by atoms with Gasteiger partial charge in [0.25, 0.3) is 0 Å². The van der Waals surface area contributed by atoms with E-state index in [1.165, 1.54) is 0 Å². The molecule has 0 spiro atoms. The fourth-order valence-electron chi connectivity index (χ4n) is 2.03. The molecule has 0 aliphatic heterocycles. The molecule has 0 fully saturated rings. The van der Waals surface area contributed by atoms with Crippen molar-refractivity contribution in [3.63, 3.8) is 0 Å². The summed E-state index contributed by atoms with van der Waals surface area (Å²) in [6.45, 7) is 2.53. The number of H-pyrrole nitrogens is 1. The normalized spacial score (nSPS) is 11.1. The Morgan fingerprint density at radius 1 is 1.23 bits per heavy atom. The van der Waals surface area contributed by atoms with E-state index in [0.717, 1.165) is 27.6 Å². The third kappa shape index (κ3) is 3.01. The van der Waals surface area contributed by atoms with E-state index in [2.05, 4.69) is 20.2 Å². The van der Waals surface area contributed by atoms with Crippen molar-refractivity contribution in [3.05, 3.63) is 38.9 Å². The average molecular weight is 354 g/mol. The smallest absolute Gasteiger partial charge is 0.181 e. The first kappa shape index (κ1) is 15.4. The van der Waals surface area contributed by atoms with Gasteiger partial charge in [0.05, 0.1) is 25.6 Å². The van der Waals surface area contributed by atoms with Crippen molar-refractivity contribution in [1.82, 2.24) is 20.2 Å². The molecule has 114 valence electrons. The highest BCUT2D eigenvalue weighted by Gasteiger charge is 2.15. The van der Waals surface area contributed by atoms with Crippen LogP contribution in [0.25, 0.3) is 22.1 Å². The molecule has 0 aliphatic carbocycles. The van der Waals surface area contributed by atoms with Crippen molar-refractivity contribution < 1.29 is 0 Å². The predicted molar refractivity (Wildman–Crippen MR) is 90.4 cm³/mol. The lowest BCUT2D eigenvalue weighted by molar-refractivity contribution is 0.945. The summed E-state index contributed by atoms with van der Waals surface area (Å²) in [5.74, 6) is 1.26. The van der Waals surface area contributed by atoms with Gasteiger partial charge in [0, 0.05) is 12.0 Å². The van der Waals surface area contributed by atoms with Gasteiger partial charge in [0.1, 0.15) is 0 Å². The average Bonchev–Trinajstić information content (AvgIpc) is 3.09. The SMILES string of the molecule is Cc1nc(CCN)sc1-c1nc(-c2ccc(Cl)c(Cl)c2)n[nH]1. The second-order valence-electron chi connectivity index (χ2n) is 4.70. The highest BCUT2D eigenvalue weighted by molar-refractivity contribution is 7.15. The summed E-state index contributed by atoms with van der Waals surface area (Å²) < 4.78 is 0. The number of hydrogen-bond donors (Lipinski definition) is 2. The molecule has 2 heterocycles. The van der Waals surface area contributed by atoms with Crippen LogP contribution in [0.4, 0.5) is 0 Å². The monoisotopic (exact) mass is 353 g/mol. The Hall–Kier alpha value is -1.47. The Bertz CT molecular complexity index is 811. The van der Waals surface area contributed by atoms with Crippen LogP contribution in [0.5, 0.6) is 0 Å². The molecule has 0 unspecified atom stereocenters. The van der Waals surface area contributed by atoms with Crippen LogP contribution in [0.3, 0.4) is 0 Å². The number of hydrogen-bond acceptors (Lipinski definition) is 5. The molecule has 0 radical (unpaired) electrons. The number of aromatic amines is 1. The van der Waals surface area contributed by atoms with Gasteiger partial charge in [0.15, 0.2) is 11.6 Å². The fourth-order valence-corrected chi connectivity index (χ4v) is 3.35. The zero-order valence-electron chi connectivity index (χ0n) is 11.7. The van der Waals surface area contributed by atoms with Crippen LogP contribution in [-0.2, 0) is 6.42 Å². The van der Waals surface area contributed by atoms with E-state index in [-0.39, 0.29) is 0 Å². The van der Waals surface area contributed by atoms with Crippen LogP contribution in [0.15, 0.2) is 18.2 Å². The zero-order chi connectivity index (χ0) is 15.7. The van der Waals surface area contributed by atoms with Crippen LogP contribution >= 0.6 is 34.5 Å². The van der Waals surface area contributed by atoms with Gasteiger partial charge < -0.3 is 5.73 Å². The number of nitrogens with two attached hydrogens (primary N) is 1. The third-order valence-corrected chi connectivity index (χ3v) is 5.04. The number of thiazole rings is 1. The van der Waals surface area contributed by atoms with Gasteiger partial charge in [-0.2, -0.15) is 5.10 Å². The van der Waals surface area contributed by atoms with Gasteiger partial charge in [-0.3, -0.25) is 5.10 Å². The van der Waals surface area contributed by atoms with Gasteiger partial charge in [-0.15, -0.1) is 11.3 Å². The molecule has 22 heavy (non-hydrogen) atoms. The molecule has 0 aliphatic rings. The molecular weight excluding hydrogens is 341 g/mol. The minimum Gasteiger partial charge on any atom is -0.330 e. The molecule has 3 rings (SSSR count). The maximum absolute atomic E-state index is 6.03. The van der Waals surface area contributed by atoms with E-state index in [1.807, 2.05) is 13.0 Å². The van der Waals surface area contributed by atoms with Crippen LogP contribution in [-0.4, -0.2) is 26.7 Å². The maximum Gasteiger partial charge on any atom is 0.181 e. The number of rotatable bonds is 4. The summed E-state index contributed by atoms with van der Waals surface area (Å²) in [7, 11) is 0. The van der Waals surface area contributed by atoms with Crippen LogP contribution in [0.1, 0.15) is 10.7 Å². The molecule has 8 heteroatoms. The third-order valence-electron chi connectivity index (χ3n) is 3.08. The maximum atomic E-state index is 6.03. The van der Waals surface area contributed by atoms with Crippen LogP contribution in [0, 0.1) is 6.92 Å². The standard InChI is InChI=1S/C14H13Cl2N5S/c1-7-12(22-11(18-7)4-5-17)14-19-13(20-21-14)8-2-3-9(15)10(16)6-8/h2-3,6H,4-5,17H2,1H3,(H,19,20,21).